The summed E-state index contributed by atoms with van der Waals surface area (Å²) in [5, 5.41) is 22.6. The molecule has 0 amide bonds. The highest BCUT2D eigenvalue weighted by atomic mass is 31.3. The molecule has 274 valence electrons. The van der Waals surface area contributed by atoms with Crippen LogP contribution in [0.4, 0.5) is 11.6 Å². The summed E-state index contributed by atoms with van der Waals surface area (Å²) in [7, 11) is -16.9. The quantitative estimate of drug-likeness (QED) is 0.0498. The average molecular weight is 766 g/mol. The summed E-state index contributed by atoms with van der Waals surface area (Å²) in [6.45, 7) is 2.43. The number of nitro benzene ring substituents is 1. The number of aromatic amines is 1. The molecule has 1 aliphatic heterocycles. The summed E-state index contributed by atoms with van der Waals surface area (Å²) in [6.07, 6.45) is -3.50. The number of benzene rings is 1. The molecule has 0 bridgehead atoms. The van der Waals surface area contributed by atoms with E-state index in [2.05, 4.69) is 35.0 Å². The van der Waals surface area contributed by atoms with E-state index in [0.29, 0.717) is 5.56 Å². The number of phosphoric ester groups is 1. The Morgan fingerprint density at radius 1 is 1.20 bits per heavy atom. The maximum atomic E-state index is 13.1. The van der Waals surface area contributed by atoms with Crippen LogP contribution < -0.4 is 17.0 Å². The van der Waals surface area contributed by atoms with E-state index < -0.39 is 65.1 Å². The number of nitrogens with zero attached hydrogens (tertiary/aromatic N) is 3. The molecule has 3 heterocycles. The number of aromatic nitrogens is 3. The fourth-order valence-electron chi connectivity index (χ4n) is 5.08. The lowest BCUT2D eigenvalue weighted by Crippen LogP contribution is -2.26. The van der Waals surface area contributed by atoms with Gasteiger partial charge in [-0.15, -0.1) is 0 Å². The number of fused-ring (bicyclic) bond motifs is 1. The van der Waals surface area contributed by atoms with Crippen LogP contribution in [0.1, 0.15) is 49.3 Å². The highest BCUT2D eigenvalue weighted by Crippen LogP contribution is 2.66. The van der Waals surface area contributed by atoms with Crippen molar-refractivity contribution in [1.82, 2.24) is 14.5 Å². The summed E-state index contributed by atoms with van der Waals surface area (Å²) in [5.74, 6) is 4.82. The van der Waals surface area contributed by atoms with E-state index in [0.717, 1.165) is 0 Å². The molecule has 0 spiro atoms. The van der Waals surface area contributed by atoms with Gasteiger partial charge in [0.25, 0.3) is 11.2 Å². The molecule has 4 rings (SSSR count). The zero-order valence-corrected chi connectivity index (χ0v) is 28.8. The molecule has 0 radical (unpaired) electrons. The summed E-state index contributed by atoms with van der Waals surface area (Å²) in [4.78, 5) is 67.5. The van der Waals surface area contributed by atoms with Crippen LogP contribution >= 0.6 is 23.5 Å². The SMILES string of the molecule is CC(C)[C@@H](OCc1cn([C@H]2C[C@@H](O)[C@@H](COP(=O)(O)OP(=O)(O)OP(=O)(O)O)O2)c2nc(N)[nH]c(=O)c12)c1ccc(C#CCN)cc1[N+](=O)[O-]. The van der Waals surface area contributed by atoms with Crippen molar-refractivity contribution in [3.05, 3.63) is 61.6 Å². The molecule has 1 saturated heterocycles. The van der Waals surface area contributed by atoms with Gasteiger partial charge in [-0.1, -0.05) is 25.7 Å². The molecule has 1 aromatic carbocycles. The number of nitro groups is 1. The molecule has 2 unspecified atom stereocenters. The number of rotatable bonds is 14. The highest BCUT2D eigenvalue weighted by molar-refractivity contribution is 7.66. The first-order chi connectivity index (χ1) is 23.2. The highest BCUT2D eigenvalue weighted by Gasteiger charge is 2.43. The predicted octanol–water partition coefficient (Wildman–Crippen LogP) is 1.43. The lowest BCUT2D eigenvalue weighted by molar-refractivity contribution is -0.386. The van der Waals surface area contributed by atoms with E-state index in [1.54, 1.807) is 19.9 Å². The third kappa shape index (κ3) is 9.91. The number of nitrogens with two attached hydrogens (primary N) is 2. The second kappa shape index (κ2) is 15.5. The first kappa shape index (κ1) is 39.4. The lowest BCUT2D eigenvalue weighted by atomic mass is 9.96. The maximum Gasteiger partial charge on any atom is 0.490 e. The molecule has 50 heavy (non-hydrogen) atoms. The summed E-state index contributed by atoms with van der Waals surface area (Å²) < 4.78 is 59.8. The fraction of sp³-hybridized carbons (Fsp3) is 0.440. The number of hydrogen-bond donors (Lipinski definition) is 8. The number of H-pyrrole nitrogens is 1. The number of nitrogens with one attached hydrogen (secondary N) is 1. The number of phosphoric acid groups is 3. The summed E-state index contributed by atoms with van der Waals surface area (Å²) >= 11 is 0. The van der Waals surface area contributed by atoms with Gasteiger partial charge in [0.05, 0.1) is 47.8 Å². The number of aliphatic hydroxyl groups excluding tert-OH is 1. The minimum absolute atomic E-state index is 0.00880. The van der Waals surface area contributed by atoms with Gasteiger partial charge in [-0.25, -0.2) is 13.7 Å². The van der Waals surface area contributed by atoms with Crippen LogP contribution in [0.25, 0.3) is 11.0 Å². The lowest BCUT2D eigenvalue weighted by Gasteiger charge is -2.22. The molecule has 0 aliphatic carbocycles. The van der Waals surface area contributed by atoms with Crippen molar-refractivity contribution >= 4 is 46.1 Å². The maximum absolute atomic E-state index is 13.1. The van der Waals surface area contributed by atoms with E-state index in [-0.39, 0.29) is 59.3 Å². The molecule has 6 atom stereocenters. The van der Waals surface area contributed by atoms with Crippen LogP contribution in [0.5, 0.6) is 0 Å². The second-order valence-corrected chi connectivity index (χ2v) is 15.5. The van der Waals surface area contributed by atoms with Crippen LogP contribution in [0, 0.1) is 27.9 Å². The summed E-state index contributed by atoms with van der Waals surface area (Å²) in [6, 6.07) is 4.43. The molecule has 1 aliphatic rings. The molecule has 25 heteroatoms. The van der Waals surface area contributed by atoms with E-state index in [1.165, 1.54) is 22.9 Å². The van der Waals surface area contributed by atoms with Gasteiger partial charge in [-0.3, -0.25) is 24.4 Å². The van der Waals surface area contributed by atoms with E-state index in [4.69, 9.17) is 30.7 Å². The molecule has 0 saturated carbocycles. The van der Waals surface area contributed by atoms with Crippen molar-refractivity contribution in [2.45, 2.75) is 51.4 Å². The van der Waals surface area contributed by atoms with Crippen LogP contribution in [0.2, 0.25) is 0 Å². The Kier molecular flexibility index (Phi) is 12.2. The Hall–Kier alpha value is -3.35. The van der Waals surface area contributed by atoms with Gasteiger partial charge in [-0.2, -0.15) is 13.6 Å². The topological polar surface area (TPSA) is 344 Å². The average Bonchev–Trinajstić information content (AvgIpc) is 3.53. The Morgan fingerprint density at radius 3 is 2.52 bits per heavy atom. The first-order valence-electron chi connectivity index (χ1n) is 14.3. The van der Waals surface area contributed by atoms with Crippen LogP contribution in [0.3, 0.4) is 0 Å². The van der Waals surface area contributed by atoms with Crippen LogP contribution in [-0.4, -0.2) is 69.5 Å². The van der Waals surface area contributed by atoms with Gasteiger partial charge >= 0.3 is 23.5 Å². The molecule has 2 aromatic heterocycles. The van der Waals surface area contributed by atoms with Gasteiger partial charge in [-0.05, 0) is 18.1 Å². The minimum atomic E-state index is -5.78. The Balaban J connectivity index is 1.58. The monoisotopic (exact) mass is 766 g/mol. The van der Waals surface area contributed by atoms with Gasteiger partial charge < -0.3 is 50.2 Å². The molecular weight excluding hydrogens is 733 g/mol. The predicted molar refractivity (Wildman–Crippen MR) is 171 cm³/mol. The van der Waals surface area contributed by atoms with Crippen molar-refractivity contribution < 1.29 is 65.9 Å². The van der Waals surface area contributed by atoms with Gasteiger partial charge in [0.2, 0.25) is 5.95 Å². The zero-order chi connectivity index (χ0) is 37.2. The summed E-state index contributed by atoms with van der Waals surface area (Å²) in [5.41, 5.74) is 11.2. The smallest absolute Gasteiger partial charge is 0.390 e. The fourth-order valence-corrected chi connectivity index (χ4v) is 8.11. The van der Waals surface area contributed by atoms with Crippen LogP contribution in [-0.2, 0) is 42.9 Å². The first-order valence-corrected chi connectivity index (χ1v) is 18.8. The number of aliphatic hydroxyl groups is 1. The molecular formula is C25H33N6O16P3. The molecule has 3 aromatic rings. The van der Waals surface area contributed by atoms with Crippen molar-refractivity contribution in [3.63, 3.8) is 0 Å². The van der Waals surface area contributed by atoms with E-state index in [9.17, 15) is 43.5 Å². The third-order valence-electron chi connectivity index (χ3n) is 7.00. The van der Waals surface area contributed by atoms with Gasteiger partial charge in [0.1, 0.15) is 12.3 Å². The van der Waals surface area contributed by atoms with Gasteiger partial charge in [0, 0.05) is 29.8 Å². The number of nitrogen functional groups attached to an aromatic ring is 1. The van der Waals surface area contributed by atoms with Gasteiger partial charge in [0.15, 0.2) is 5.65 Å². The van der Waals surface area contributed by atoms with E-state index >= 15 is 0 Å². The largest absolute Gasteiger partial charge is 0.490 e. The van der Waals surface area contributed by atoms with E-state index in [1.807, 2.05) is 0 Å². The Labute approximate surface area is 281 Å². The standard InChI is InChI=1S/C25H33N6O16P3/c1-13(2)22(16-6-5-14(4-3-7-26)8-17(16)31(34)35)43-11-15-10-30(23-21(15)24(33)29-25(27)28-23)20-9-18(32)19(45-20)12-44-49(39,40)47-50(41,42)46-48(36,37)38/h5-6,8,10,13,18-20,22,32H,7,9,11-12,26H2,1-2H3,(H,39,40)(H,41,42)(H2,36,37,38)(H3,27,28,29,33)/t18-,19-,20-,22-/m1/s1. The number of hydrogen-bond acceptors (Lipinski definition) is 15. The molecule has 22 nitrogen and oxygen atoms in total. The Bertz CT molecular complexity index is 2020. The number of ether oxygens (including phenoxy) is 2. The third-order valence-corrected chi connectivity index (χ3v) is 10.8. The normalized spacial score (nSPS) is 21.0. The van der Waals surface area contributed by atoms with Crippen molar-refractivity contribution in [3.8, 4) is 11.8 Å². The molecule has 1 fully saturated rings. The zero-order valence-electron chi connectivity index (χ0n) is 26.1. The van der Waals surface area contributed by atoms with Crippen molar-refractivity contribution in [2.24, 2.45) is 11.7 Å². The minimum Gasteiger partial charge on any atom is -0.390 e. The van der Waals surface area contributed by atoms with Crippen LogP contribution in [0.15, 0.2) is 29.2 Å². The van der Waals surface area contributed by atoms with Crippen molar-refractivity contribution in [1.29, 1.82) is 0 Å². The molecule has 10 N–H and O–H groups in total. The Morgan fingerprint density at radius 2 is 1.90 bits per heavy atom. The van der Waals surface area contributed by atoms with Crippen molar-refractivity contribution in [2.75, 3.05) is 18.9 Å². The number of anilines is 1. The second-order valence-electron chi connectivity index (χ2n) is 11.0.